The fourth-order valence-corrected chi connectivity index (χ4v) is 3.21. The van der Waals surface area contributed by atoms with Crippen molar-refractivity contribution in [3.63, 3.8) is 0 Å². The number of carboxylic acid groups (broad SMARTS) is 1. The van der Waals surface area contributed by atoms with Gasteiger partial charge in [0.05, 0.1) is 18.7 Å². The molecule has 0 aliphatic carbocycles. The SMILES string of the molecule is CP(C)(=O)CN(C=O)CC(=O)N(O)C(CC(=O)O)c1ccccc1. The molecule has 0 saturated carbocycles. The quantitative estimate of drug-likeness (QED) is 0.300. The minimum Gasteiger partial charge on any atom is -0.481 e. The smallest absolute Gasteiger partial charge is 0.305 e. The minimum atomic E-state index is -2.58. The van der Waals surface area contributed by atoms with Crippen LogP contribution in [0.1, 0.15) is 18.0 Å². The standard InChI is InChI=1S/C15H21N2O6P/c1-24(2,23)11-16(10-18)9-14(19)17(22)13(8-15(20)21)12-6-4-3-5-7-12/h3-7,10,13,22H,8-9,11H2,1-2H3,(H,20,21). The second-order valence-corrected chi connectivity index (χ2v) is 9.26. The molecule has 8 nitrogen and oxygen atoms in total. The lowest BCUT2D eigenvalue weighted by atomic mass is 10.0. The summed E-state index contributed by atoms with van der Waals surface area (Å²) in [5.74, 6) is -2.04. The van der Waals surface area contributed by atoms with Crippen molar-refractivity contribution in [3.8, 4) is 0 Å². The number of hydrogen-bond acceptors (Lipinski definition) is 5. The van der Waals surface area contributed by atoms with Crippen LogP contribution in [0.4, 0.5) is 0 Å². The monoisotopic (exact) mass is 356 g/mol. The van der Waals surface area contributed by atoms with E-state index in [-0.39, 0.29) is 6.29 Å². The first kappa shape index (κ1) is 19.9. The zero-order chi connectivity index (χ0) is 18.3. The summed E-state index contributed by atoms with van der Waals surface area (Å²) in [6.07, 6.45) is -0.224. The molecule has 1 atom stereocenters. The average Bonchev–Trinajstić information content (AvgIpc) is 2.50. The number of aliphatic carboxylic acids is 1. The van der Waals surface area contributed by atoms with E-state index >= 15 is 0 Å². The highest BCUT2D eigenvalue weighted by molar-refractivity contribution is 7.62. The fraction of sp³-hybridized carbons (Fsp3) is 0.400. The number of carboxylic acids is 1. The molecule has 0 bridgehead atoms. The van der Waals surface area contributed by atoms with E-state index in [9.17, 15) is 24.2 Å². The largest absolute Gasteiger partial charge is 0.481 e. The molecule has 24 heavy (non-hydrogen) atoms. The number of hydroxylamine groups is 2. The maximum atomic E-state index is 12.2. The molecule has 0 aliphatic rings. The van der Waals surface area contributed by atoms with E-state index < -0.39 is 38.0 Å². The maximum absolute atomic E-state index is 12.2. The molecule has 0 aromatic heterocycles. The summed E-state index contributed by atoms with van der Waals surface area (Å²) in [5.41, 5.74) is 0.449. The van der Waals surface area contributed by atoms with Gasteiger partial charge in [-0.1, -0.05) is 30.3 Å². The first-order chi connectivity index (χ1) is 11.1. The Morgan fingerprint density at radius 1 is 1.25 bits per heavy atom. The van der Waals surface area contributed by atoms with Gasteiger partial charge in [-0.3, -0.25) is 19.6 Å². The van der Waals surface area contributed by atoms with E-state index in [4.69, 9.17) is 5.11 Å². The predicted molar refractivity (Wildman–Crippen MR) is 87.2 cm³/mol. The lowest BCUT2D eigenvalue weighted by Gasteiger charge is -2.27. The van der Waals surface area contributed by atoms with Crippen LogP contribution in [-0.2, 0) is 18.9 Å². The van der Waals surface area contributed by atoms with Crippen molar-refractivity contribution in [3.05, 3.63) is 35.9 Å². The number of hydrogen-bond donors (Lipinski definition) is 2. The third kappa shape index (κ3) is 6.52. The van der Waals surface area contributed by atoms with Crippen molar-refractivity contribution in [2.45, 2.75) is 12.5 Å². The van der Waals surface area contributed by atoms with Gasteiger partial charge >= 0.3 is 5.97 Å². The summed E-state index contributed by atoms with van der Waals surface area (Å²) in [6.45, 7) is 2.46. The van der Waals surface area contributed by atoms with Crippen LogP contribution in [0.2, 0.25) is 0 Å². The highest BCUT2D eigenvalue weighted by Crippen LogP contribution is 2.36. The van der Waals surface area contributed by atoms with Gasteiger partial charge in [-0.05, 0) is 18.9 Å². The molecule has 1 unspecified atom stereocenters. The van der Waals surface area contributed by atoms with E-state index in [0.29, 0.717) is 17.0 Å². The van der Waals surface area contributed by atoms with Crippen molar-refractivity contribution in [2.75, 3.05) is 26.2 Å². The minimum absolute atomic E-state index is 0.106. The van der Waals surface area contributed by atoms with Gasteiger partial charge in [0.15, 0.2) is 0 Å². The lowest BCUT2D eigenvalue weighted by Crippen LogP contribution is -2.41. The molecule has 1 aromatic rings. The molecule has 2 N–H and O–H groups in total. The van der Waals surface area contributed by atoms with Crippen molar-refractivity contribution >= 4 is 25.4 Å². The van der Waals surface area contributed by atoms with Gasteiger partial charge < -0.3 is 14.6 Å². The van der Waals surface area contributed by atoms with E-state index in [1.165, 1.54) is 13.3 Å². The van der Waals surface area contributed by atoms with Gasteiger partial charge in [0, 0.05) is 0 Å². The third-order valence-corrected chi connectivity index (χ3v) is 4.16. The maximum Gasteiger partial charge on any atom is 0.305 e. The first-order valence-corrected chi connectivity index (χ1v) is 9.93. The van der Waals surface area contributed by atoms with Crippen molar-refractivity contribution in [1.82, 2.24) is 9.96 Å². The number of benzene rings is 1. The summed E-state index contributed by atoms with van der Waals surface area (Å²) in [4.78, 5) is 35.2. The molecule has 1 rings (SSSR count). The number of nitrogens with zero attached hydrogens (tertiary/aromatic N) is 2. The Bertz CT molecular complexity index is 630. The molecule has 9 heteroatoms. The molecule has 0 radical (unpaired) electrons. The Morgan fingerprint density at radius 3 is 2.29 bits per heavy atom. The highest BCUT2D eigenvalue weighted by atomic mass is 31.2. The Balaban J connectivity index is 2.91. The number of carbonyl (C=O) groups excluding carboxylic acids is 2. The van der Waals surface area contributed by atoms with Gasteiger partial charge in [0.25, 0.3) is 5.91 Å². The number of carbonyl (C=O) groups is 3. The van der Waals surface area contributed by atoms with E-state index in [2.05, 4.69) is 0 Å². The van der Waals surface area contributed by atoms with Crippen molar-refractivity contribution in [2.24, 2.45) is 0 Å². The van der Waals surface area contributed by atoms with Crippen LogP contribution in [0.15, 0.2) is 30.3 Å². The van der Waals surface area contributed by atoms with Gasteiger partial charge in [-0.2, -0.15) is 0 Å². The molecule has 0 spiro atoms. The van der Waals surface area contributed by atoms with Crippen LogP contribution in [0.5, 0.6) is 0 Å². The lowest BCUT2D eigenvalue weighted by molar-refractivity contribution is -0.180. The van der Waals surface area contributed by atoms with Gasteiger partial charge in [0.1, 0.15) is 13.7 Å². The Kier molecular flexibility index (Phi) is 7.13. The summed E-state index contributed by atoms with van der Waals surface area (Å²) in [6, 6.07) is 7.13. The van der Waals surface area contributed by atoms with Crippen LogP contribution < -0.4 is 0 Å². The second kappa shape index (κ2) is 8.61. The molecule has 0 saturated heterocycles. The zero-order valence-electron chi connectivity index (χ0n) is 13.5. The molecule has 0 fully saturated rings. The highest BCUT2D eigenvalue weighted by Gasteiger charge is 2.28. The summed E-state index contributed by atoms with van der Waals surface area (Å²) < 4.78 is 11.8. The first-order valence-electron chi connectivity index (χ1n) is 7.15. The molecule has 0 aliphatic heterocycles. The fourth-order valence-electron chi connectivity index (χ4n) is 2.16. The van der Waals surface area contributed by atoms with Crippen LogP contribution in [0.3, 0.4) is 0 Å². The van der Waals surface area contributed by atoms with E-state index in [0.717, 1.165) is 4.90 Å². The van der Waals surface area contributed by atoms with E-state index in [1.807, 2.05) is 0 Å². The Hall–Kier alpha value is -2.18. The van der Waals surface area contributed by atoms with Gasteiger partial charge in [0.2, 0.25) is 6.41 Å². The Morgan fingerprint density at radius 2 is 1.83 bits per heavy atom. The molecule has 2 amide bonds. The predicted octanol–water partition coefficient (Wildman–Crippen LogP) is 1.46. The Labute approximate surface area is 140 Å². The molecular weight excluding hydrogens is 335 g/mol. The normalized spacial score (nSPS) is 12.3. The topological polar surface area (TPSA) is 115 Å². The van der Waals surface area contributed by atoms with Crippen LogP contribution in [0, 0.1) is 0 Å². The molecule has 132 valence electrons. The zero-order valence-corrected chi connectivity index (χ0v) is 14.4. The summed E-state index contributed by atoms with van der Waals surface area (Å²) in [7, 11) is -2.58. The summed E-state index contributed by atoms with van der Waals surface area (Å²) in [5, 5.41) is 19.5. The van der Waals surface area contributed by atoms with Gasteiger partial charge in [-0.15, -0.1) is 0 Å². The molecule has 0 heterocycles. The summed E-state index contributed by atoms with van der Waals surface area (Å²) >= 11 is 0. The molecule has 1 aromatic carbocycles. The van der Waals surface area contributed by atoms with Crippen LogP contribution >= 0.6 is 7.14 Å². The number of amides is 2. The molecular formula is C15H21N2O6P. The van der Waals surface area contributed by atoms with Gasteiger partial charge in [-0.25, -0.2) is 5.06 Å². The van der Waals surface area contributed by atoms with Crippen LogP contribution in [-0.4, -0.2) is 64.7 Å². The number of rotatable bonds is 9. The second-order valence-electron chi connectivity index (χ2n) is 5.83. The van der Waals surface area contributed by atoms with E-state index in [1.54, 1.807) is 30.3 Å². The average molecular weight is 356 g/mol. The van der Waals surface area contributed by atoms with Crippen molar-refractivity contribution < 1.29 is 29.3 Å². The van der Waals surface area contributed by atoms with Crippen LogP contribution in [0.25, 0.3) is 0 Å². The van der Waals surface area contributed by atoms with Crippen molar-refractivity contribution in [1.29, 1.82) is 0 Å². The third-order valence-electron chi connectivity index (χ3n) is 3.11.